The zero-order chi connectivity index (χ0) is 18.8. The summed E-state index contributed by atoms with van der Waals surface area (Å²) in [6.07, 6.45) is 0.441. The van der Waals surface area contributed by atoms with Crippen molar-refractivity contribution in [2.24, 2.45) is 11.8 Å². The lowest BCUT2D eigenvalue weighted by atomic mass is 10.1. The fourth-order valence-corrected chi connectivity index (χ4v) is 2.35. The van der Waals surface area contributed by atoms with Crippen LogP contribution in [0.4, 0.5) is 0 Å². The van der Waals surface area contributed by atoms with Gasteiger partial charge < -0.3 is 19.1 Å². The van der Waals surface area contributed by atoms with Crippen LogP contribution in [0.25, 0.3) is 0 Å². The highest BCUT2D eigenvalue weighted by Crippen LogP contribution is 2.17. The molecular formula is C19H29NO5. The van der Waals surface area contributed by atoms with Crippen LogP contribution in [0.3, 0.4) is 0 Å². The molecule has 0 bridgehead atoms. The second kappa shape index (κ2) is 10.6. The van der Waals surface area contributed by atoms with E-state index in [9.17, 15) is 9.59 Å². The normalized spacial score (nSPS) is 11.8. The number of carbonyl (C=O) groups excluding carboxylic acids is 2. The maximum absolute atomic E-state index is 12.4. The Bertz CT molecular complexity index is 541. The summed E-state index contributed by atoms with van der Waals surface area (Å²) in [5, 5.41) is 0. The van der Waals surface area contributed by atoms with Crippen molar-refractivity contribution >= 4 is 11.9 Å². The zero-order valence-corrected chi connectivity index (χ0v) is 15.8. The van der Waals surface area contributed by atoms with E-state index in [1.165, 1.54) is 7.11 Å². The predicted octanol–water partition coefficient (Wildman–Crippen LogP) is 2.76. The minimum atomic E-state index is -0.373. The second-order valence-electron chi connectivity index (χ2n) is 6.39. The van der Waals surface area contributed by atoms with Crippen molar-refractivity contribution in [2.45, 2.75) is 27.2 Å². The van der Waals surface area contributed by atoms with E-state index >= 15 is 0 Å². The molecule has 1 rings (SSSR count). The summed E-state index contributed by atoms with van der Waals surface area (Å²) in [7, 11) is 2.96. The average molecular weight is 351 g/mol. The molecule has 0 radical (unpaired) electrons. The number of benzene rings is 1. The Morgan fingerprint density at radius 3 is 2.16 bits per heavy atom. The maximum atomic E-state index is 12.4. The molecule has 0 saturated carbocycles. The number of esters is 1. The van der Waals surface area contributed by atoms with Crippen molar-refractivity contribution in [1.82, 2.24) is 4.90 Å². The van der Waals surface area contributed by atoms with E-state index in [1.54, 1.807) is 18.9 Å². The number of amides is 1. The molecule has 0 spiro atoms. The average Bonchev–Trinajstić information content (AvgIpc) is 2.59. The predicted molar refractivity (Wildman–Crippen MR) is 95.7 cm³/mol. The van der Waals surface area contributed by atoms with Gasteiger partial charge in [-0.3, -0.25) is 9.59 Å². The summed E-state index contributed by atoms with van der Waals surface area (Å²) < 4.78 is 15.5. The van der Waals surface area contributed by atoms with Gasteiger partial charge >= 0.3 is 5.97 Å². The first-order valence-electron chi connectivity index (χ1n) is 8.49. The highest BCUT2D eigenvalue weighted by molar-refractivity contribution is 5.78. The zero-order valence-electron chi connectivity index (χ0n) is 15.8. The summed E-state index contributed by atoms with van der Waals surface area (Å²) in [5.41, 5.74) is 0. The smallest absolute Gasteiger partial charge is 0.310 e. The van der Waals surface area contributed by atoms with Crippen molar-refractivity contribution < 1.29 is 23.8 Å². The standard InChI is InChI=1S/C19H29NO5/c1-14(2)12-18(21)20(13-15(3)19(22)24-5)10-11-25-17-8-6-16(23-4)7-9-17/h6-9,14-15H,10-13H2,1-5H3. The fraction of sp³-hybridized carbons (Fsp3) is 0.579. The van der Waals surface area contributed by atoms with Crippen LogP contribution in [0.5, 0.6) is 11.5 Å². The van der Waals surface area contributed by atoms with Gasteiger partial charge in [0.05, 0.1) is 26.7 Å². The second-order valence-corrected chi connectivity index (χ2v) is 6.39. The van der Waals surface area contributed by atoms with Gasteiger partial charge in [0.1, 0.15) is 18.1 Å². The molecule has 0 fully saturated rings. The van der Waals surface area contributed by atoms with Gasteiger partial charge in [0.25, 0.3) is 0 Å². The first kappa shape index (κ1) is 20.8. The third-order valence-electron chi connectivity index (χ3n) is 3.72. The van der Waals surface area contributed by atoms with E-state index in [4.69, 9.17) is 14.2 Å². The Morgan fingerprint density at radius 1 is 1.04 bits per heavy atom. The molecule has 6 heteroatoms. The molecule has 1 atom stereocenters. The largest absolute Gasteiger partial charge is 0.497 e. The fourth-order valence-electron chi connectivity index (χ4n) is 2.35. The minimum Gasteiger partial charge on any atom is -0.497 e. The Balaban J connectivity index is 2.61. The summed E-state index contributed by atoms with van der Waals surface area (Å²) in [4.78, 5) is 25.7. The molecular weight excluding hydrogens is 322 g/mol. The molecule has 0 saturated heterocycles. The number of hydrogen-bond donors (Lipinski definition) is 0. The topological polar surface area (TPSA) is 65.1 Å². The summed E-state index contributed by atoms with van der Waals surface area (Å²) in [5.74, 6) is 1.04. The molecule has 25 heavy (non-hydrogen) atoms. The first-order valence-corrected chi connectivity index (χ1v) is 8.49. The lowest BCUT2D eigenvalue weighted by Crippen LogP contribution is -2.40. The summed E-state index contributed by atoms with van der Waals surface area (Å²) in [6.45, 7) is 6.83. The van der Waals surface area contributed by atoms with Crippen molar-refractivity contribution in [3.05, 3.63) is 24.3 Å². The SMILES string of the molecule is COC(=O)C(C)CN(CCOc1ccc(OC)cc1)C(=O)CC(C)C. The maximum Gasteiger partial charge on any atom is 0.310 e. The third kappa shape index (κ3) is 7.45. The van der Waals surface area contributed by atoms with Gasteiger partial charge in [0, 0.05) is 13.0 Å². The first-order chi connectivity index (χ1) is 11.9. The van der Waals surface area contributed by atoms with Gasteiger partial charge in [-0.15, -0.1) is 0 Å². The molecule has 0 aliphatic rings. The Morgan fingerprint density at radius 2 is 1.64 bits per heavy atom. The van der Waals surface area contributed by atoms with Crippen LogP contribution >= 0.6 is 0 Å². The van der Waals surface area contributed by atoms with E-state index in [2.05, 4.69) is 0 Å². The van der Waals surface area contributed by atoms with Crippen LogP contribution in [0.15, 0.2) is 24.3 Å². The Labute approximate surface area is 150 Å². The van der Waals surface area contributed by atoms with E-state index < -0.39 is 0 Å². The van der Waals surface area contributed by atoms with Crippen molar-refractivity contribution in [3.8, 4) is 11.5 Å². The summed E-state index contributed by atoms with van der Waals surface area (Å²) in [6, 6.07) is 7.26. The van der Waals surface area contributed by atoms with Gasteiger partial charge in [0.2, 0.25) is 5.91 Å². The van der Waals surface area contributed by atoms with Crippen LogP contribution in [-0.2, 0) is 14.3 Å². The molecule has 0 aliphatic carbocycles. The van der Waals surface area contributed by atoms with Crippen LogP contribution in [0, 0.1) is 11.8 Å². The quantitative estimate of drug-likeness (QED) is 0.607. The van der Waals surface area contributed by atoms with Gasteiger partial charge in [-0.1, -0.05) is 20.8 Å². The van der Waals surface area contributed by atoms with Gasteiger partial charge in [-0.2, -0.15) is 0 Å². The van der Waals surface area contributed by atoms with Crippen LogP contribution in [0.2, 0.25) is 0 Å². The van der Waals surface area contributed by atoms with E-state index in [0.717, 1.165) is 5.75 Å². The number of hydrogen-bond acceptors (Lipinski definition) is 5. The highest BCUT2D eigenvalue weighted by Gasteiger charge is 2.22. The van der Waals surface area contributed by atoms with Crippen molar-refractivity contribution in [2.75, 3.05) is 33.9 Å². The Hall–Kier alpha value is -2.24. The van der Waals surface area contributed by atoms with E-state index in [1.807, 2.05) is 38.1 Å². The van der Waals surface area contributed by atoms with E-state index in [-0.39, 0.29) is 23.7 Å². The molecule has 0 heterocycles. The van der Waals surface area contributed by atoms with Crippen LogP contribution in [-0.4, -0.2) is 50.7 Å². The third-order valence-corrected chi connectivity index (χ3v) is 3.72. The monoisotopic (exact) mass is 351 g/mol. The van der Waals surface area contributed by atoms with Crippen LogP contribution in [0.1, 0.15) is 27.2 Å². The van der Waals surface area contributed by atoms with E-state index in [0.29, 0.717) is 31.9 Å². The lowest BCUT2D eigenvalue weighted by Gasteiger charge is -2.26. The van der Waals surface area contributed by atoms with Gasteiger partial charge in [-0.25, -0.2) is 0 Å². The molecule has 1 amide bonds. The molecule has 0 aromatic heterocycles. The lowest BCUT2D eigenvalue weighted by molar-refractivity contribution is -0.146. The number of rotatable bonds is 10. The molecule has 0 aliphatic heterocycles. The molecule has 140 valence electrons. The molecule has 6 nitrogen and oxygen atoms in total. The van der Waals surface area contributed by atoms with Gasteiger partial charge in [-0.05, 0) is 30.2 Å². The summed E-state index contributed by atoms with van der Waals surface area (Å²) >= 11 is 0. The molecule has 1 aromatic carbocycles. The van der Waals surface area contributed by atoms with Gasteiger partial charge in [0.15, 0.2) is 0 Å². The minimum absolute atomic E-state index is 0.0177. The van der Waals surface area contributed by atoms with Crippen LogP contribution < -0.4 is 9.47 Å². The number of carbonyl (C=O) groups is 2. The Kier molecular flexibility index (Phi) is 8.81. The highest BCUT2D eigenvalue weighted by atomic mass is 16.5. The number of methoxy groups -OCH3 is 2. The number of ether oxygens (including phenoxy) is 3. The number of nitrogens with zero attached hydrogens (tertiary/aromatic N) is 1. The molecule has 1 aromatic rings. The molecule has 0 N–H and O–H groups in total. The molecule has 1 unspecified atom stereocenters. The van der Waals surface area contributed by atoms with Crippen molar-refractivity contribution in [3.63, 3.8) is 0 Å². The van der Waals surface area contributed by atoms with Crippen molar-refractivity contribution in [1.29, 1.82) is 0 Å².